The van der Waals surface area contributed by atoms with E-state index in [1.54, 1.807) is 11.2 Å². The maximum Gasteiger partial charge on any atom is 0.277 e. The molecule has 0 aliphatic carbocycles. The molecule has 28 heavy (non-hydrogen) atoms. The van der Waals surface area contributed by atoms with Crippen LogP contribution >= 0.6 is 15.9 Å². The zero-order valence-corrected chi connectivity index (χ0v) is 16.6. The molecule has 0 fully saturated rings. The standard InChI is InChI=1S/C22H16BrN3O2/c1-13-4-10-16(11-5-13)26-21(17-3-2-12-28-17)18-19(24-25-20(18)22(26)27)14-6-8-15(23)9-7-14/h2-12,21H,1H3,(H,24,25)/t21-/m0/s1. The summed E-state index contributed by atoms with van der Waals surface area (Å²) in [5, 5.41) is 7.42. The third-order valence-electron chi connectivity index (χ3n) is 5.01. The second kappa shape index (κ2) is 6.49. The van der Waals surface area contributed by atoms with Crippen molar-refractivity contribution in [2.24, 2.45) is 0 Å². The maximum absolute atomic E-state index is 13.3. The van der Waals surface area contributed by atoms with Crippen molar-refractivity contribution in [2.75, 3.05) is 4.90 Å². The van der Waals surface area contributed by atoms with E-state index in [1.807, 2.05) is 67.6 Å². The van der Waals surface area contributed by atoms with Crippen LogP contribution in [-0.4, -0.2) is 16.1 Å². The topological polar surface area (TPSA) is 62.1 Å². The van der Waals surface area contributed by atoms with Crippen molar-refractivity contribution in [2.45, 2.75) is 13.0 Å². The van der Waals surface area contributed by atoms with Gasteiger partial charge in [-0.3, -0.25) is 14.8 Å². The Morgan fingerprint density at radius 2 is 1.82 bits per heavy atom. The molecule has 2 aromatic heterocycles. The third-order valence-corrected chi connectivity index (χ3v) is 5.54. The van der Waals surface area contributed by atoms with Gasteiger partial charge in [0, 0.05) is 21.3 Å². The number of nitrogens with zero attached hydrogens (tertiary/aromatic N) is 2. The molecule has 0 radical (unpaired) electrons. The number of carbonyl (C=O) groups excluding carboxylic acids is 1. The largest absolute Gasteiger partial charge is 0.467 e. The second-order valence-corrected chi connectivity index (χ2v) is 7.71. The summed E-state index contributed by atoms with van der Waals surface area (Å²) in [5.74, 6) is 0.587. The van der Waals surface area contributed by atoms with E-state index in [0.717, 1.165) is 32.5 Å². The van der Waals surface area contributed by atoms with Crippen molar-refractivity contribution in [3.05, 3.63) is 94.0 Å². The van der Waals surface area contributed by atoms with Crippen LogP contribution in [-0.2, 0) is 0 Å². The van der Waals surface area contributed by atoms with Crippen molar-refractivity contribution >= 4 is 27.5 Å². The highest BCUT2D eigenvalue weighted by atomic mass is 79.9. The van der Waals surface area contributed by atoms with E-state index in [-0.39, 0.29) is 11.9 Å². The zero-order valence-electron chi connectivity index (χ0n) is 15.0. The summed E-state index contributed by atoms with van der Waals surface area (Å²) >= 11 is 3.46. The molecular formula is C22H16BrN3O2. The van der Waals surface area contributed by atoms with Crippen molar-refractivity contribution in [3.63, 3.8) is 0 Å². The Hall–Kier alpha value is -3.12. The minimum absolute atomic E-state index is 0.115. The minimum Gasteiger partial charge on any atom is -0.467 e. The smallest absolute Gasteiger partial charge is 0.277 e. The molecule has 1 N–H and O–H groups in total. The van der Waals surface area contributed by atoms with Gasteiger partial charge in [0.15, 0.2) is 0 Å². The Balaban J connectivity index is 1.70. The molecule has 0 saturated carbocycles. The van der Waals surface area contributed by atoms with Crippen LogP contribution in [0.2, 0.25) is 0 Å². The van der Waals surface area contributed by atoms with Crippen molar-refractivity contribution in [1.82, 2.24) is 10.2 Å². The normalized spacial score (nSPS) is 15.9. The average molecular weight is 434 g/mol. The lowest BCUT2D eigenvalue weighted by Gasteiger charge is -2.24. The summed E-state index contributed by atoms with van der Waals surface area (Å²) in [4.78, 5) is 15.1. The number of carbonyl (C=O) groups is 1. The fourth-order valence-corrected chi connectivity index (χ4v) is 3.93. The zero-order chi connectivity index (χ0) is 19.3. The predicted molar refractivity (Wildman–Crippen MR) is 110 cm³/mol. The van der Waals surface area contributed by atoms with E-state index in [4.69, 9.17) is 4.42 Å². The Morgan fingerprint density at radius 3 is 2.50 bits per heavy atom. The molecule has 0 saturated heterocycles. The molecule has 6 heteroatoms. The first kappa shape index (κ1) is 17.0. The van der Waals surface area contributed by atoms with Crippen LogP contribution in [0, 0.1) is 6.92 Å². The Morgan fingerprint density at radius 1 is 1.07 bits per heavy atom. The monoisotopic (exact) mass is 433 g/mol. The number of aromatic amines is 1. The van der Waals surface area contributed by atoms with Gasteiger partial charge in [-0.05, 0) is 43.3 Å². The molecule has 0 bridgehead atoms. The van der Waals surface area contributed by atoms with Gasteiger partial charge in [0.25, 0.3) is 5.91 Å². The highest BCUT2D eigenvalue weighted by molar-refractivity contribution is 9.10. The van der Waals surface area contributed by atoms with Crippen LogP contribution in [0.25, 0.3) is 11.3 Å². The molecule has 2 aromatic carbocycles. The Kier molecular flexibility index (Phi) is 3.94. The molecule has 1 aliphatic heterocycles. The lowest BCUT2D eigenvalue weighted by Crippen LogP contribution is -2.29. The first-order chi connectivity index (χ1) is 13.6. The average Bonchev–Trinajstić information content (AvgIpc) is 3.42. The van der Waals surface area contributed by atoms with Crippen LogP contribution in [0.3, 0.4) is 0 Å². The maximum atomic E-state index is 13.3. The number of furan rings is 1. The first-order valence-corrected chi connectivity index (χ1v) is 9.70. The molecule has 1 amide bonds. The lowest BCUT2D eigenvalue weighted by molar-refractivity contribution is 0.0987. The van der Waals surface area contributed by atoms with E-state index in [9.17, 15) is 4.79 Å². The lowest BCUT2D eigenvalue weighted by atomic mass is 10.00. The SMILES string of the molecule is Cc1ccc(N2C(=O)c3[nH]nc(-c4ccc(Br)cc4)c3[C@@H]2c2ccco2)cc1. The summed E-state index contributed by atoms with van der Waals surface area (Å²) in [7, 11) is 0. The minimum atomic E-state index is -0.377. The molecule has 5 rings (SSSR count). The van der Waals surface area contributed by atoms with Gasteiger partial charge >= 0.3 is 0 Å². The molecule has 1 atom stereocenters. The van der Waals surface area contributed by atoms with Crippen molar-refractivity contribution in [1.29, 1.82) is 0 Å². The molecule has 5 nitrogen and oxygen atoms in total. The van der Waals surface area contributed by atoms with Crippen molar-refractivity contribution < 1.29 is 9.21 Å². The van der Waals surface area contributed by atoms with Gasteiger partial charge < -0.3 is 4.42 Å². The van der Waals surface area contributed by atoms with E-state index in [1.165, 1.54) is 0 Å². The summed E-state index contributed by atoms with van der Waals surface area (Å²) in [6.07, 6.45) is 1.63. The molecule has 3 heterocycles. The third kappa shape index (κ3) is 2.60. The van der Waals surface area contributed by atoms with Gasteiger partial charge in [-0.25, -0.2) is 0 Å². The van der Waals surface area contributed by atoms with Gasteiger partial charge in [0.1, 0.15) is 17.5 Å². The fraction of sp³-hybridized carbons (Fsp3) is 0.0909. The second-order valence-electron chi connectivity index (χ2n) is 6.80. The number of rotatable bonds is 3. The van der Waals surface area contributed by atoms with Crippen LogP contribution in [0.4, 0.5) is 5.69 Å². The van der Waals surface area contributed by atoms with E-state index in [2.05, 4.69) is 26.1 Å². The van der Waals surface area contributed by atoms with Gasteiger partial charge in [-0.15, -0.1) is 0 Å². The van der Waals surface area contributed by atoms with Crippen LogP contribution in [0.15, 0.2) is 75.8 Å². The summed E-state index contributed by atoms with van der Waals surface area (Å²) in [5.41, 5.74) is 4.99. The number of benzene rings is 2. The predicted octanol–water partition coefficient (Wildman–Crippen LogP) is 5.49. The molecule has 1 aliphatic rings. The van der Waals surface area contributed by atoms with E-state index < -0.39 is 0 Å². The number of aromatic nitrogens is 2. The Bertz CT molecular complexity index is 1150. The number of halogens is 1. The molecular weight excluding hydrogens is 418 g/mol. The highest BCUT2D eigenvalue weighted by Gasteiger charge is 2.44. The first-order valence-electron chi connectivity index (χ1n) is 8.91. The summed E-state index contributed by atoms with van der Waals surface area (Å²) in [6, 6.07) is 19.2. The highest BCUT2D eigenvalue weighted by Crippen LogP contribution is 2.45. The fourth-order valence-electron chi connectivity index (χ4n) is 3.66. The quantitative estimate of drug-likeness (QED) is 0.464. The number of aryl methyl sites for hydroxylation is 1. The molecule has 4 aromatic rings. The van der Waals surface area contributed by atoms with Gasteiger partial charge in [-0.1, -0.05) is 45.8 Å². The van der Waals surface area contributed by atoms with Crippen LogP contribution in [0.5, 0.6) is 0 Å². The number of fused-ring (bicyclic) bond motifs is 1. The number of amides is 1. The summed E-state index contributed by atoms with van der Waals surface area (Å²) in [6.45, 7) is 2.03. The van der Waals surface area contributed by atoms with Gasteiger partial charge in [0.2, 0.25) is 0 Å². The number of nitrogens with one attached hydrogen (secondary N) is 1. The van der Waals surface area contributed by atoms with Gasteiger partial charge in [-0.2, -0.15) is 5.10 Å². The van der Waals surface area contributed by atoms with E-state index in [0.29, 0.717) is 11.5 Å². The molecule has 0 unspecified atom stereocenters. The van der Waals surface area contributed by atoms with Crippen LogP contribution < -0.4 is 4.90 Å². The number of hydrogen-bond donors (Lipinski definition) is 1. The number of hydrogen-bond acceptors (Lipinski definition) is 3. The van der Waals surface area contributed by atoms with Crippen LogP contribution in [0.1, 0.15) is 33.4 Å². The Labute approximate surface area is 170 Å². The number of anilines is 1. The molecule has 138 valence electrons. The summed E-state index contributed by atoms with van der Waals surface area (Å²) < 4.78 is 6.72. The van der Waals surface area contributed by atoms with E-state index >= 15 is 0 Å². The van der Waals surface area contributed by atoms with Gasteiger partial charge in [0.05, 0.1) is 12.0 Å². The number of H-pyrrole nitrogens is 1. The van der Waals surface area contributed by atoms with Crippen molar-refractivity contribution in [3.8, 4) is 11.3 Å². The molecule has 0 spiro atoms.